The molecule has 1 N–H and O–H groups in total. The van der Waals surface area contributed by atoms with Gasteiger partial charge in [0.05, 0.1) is 22.9 Å². The second-order valence-electron chi connectivity index (χ2n) is 6.54. The zero-order valence-electron chi connectivity index (χ0n) is 14.0. The second kappa shape index (κ2) is 5.47. The molecule has 1 aliphatic carbocycles. The fourth-order valence-electron chi connectivity index (χ4n) is 3.17. The van der Waals surface area contributed by atoms with E-state index in [1.54, 1.807) is 17.0 Å². The summed E-state index contributed by atoms with van der Waals surface area (Å²) in [6.07, 6.45) is 3.98. The minimum absolute atomic E-state index is 0.0780. The first-order chi connectivity index (χ1) is 11.5. The number of aryl methyl sites for hydroxylation is 2. The Morgan fingerprint density at radius 3 is 2.92 bits per heavy atom. The maximum Gasteiger partial charge on any atom is 0.252 e. The van der Waals surface area contributed by atoms with Crippen LogP contribution in [0.1, 0.15) is 35.8 Å². The van der Waals surface area contributed by atoms with Crippen molar-refractivity contribution in [2.45, 2.75) is 32.7 Å². The summed E-state index contributed by atoms with van der Waals surface area (Å²) in [7, 11) is 1.84. The summed E-state index contributed by atoms with van der Waals surface area (Å²) in [6, 6.07) is 5.63. The van der Waals surface area contributed by atoms with Gasteiger partial charge in [0, 0.05) is 13.1 Å². The number of amides is 1. The Labute approximate surface area is 139 Å². The van der Waals surface area contributed by atoms with Crippen LogP contribution in [0.2, 0.25) is 0 Å². The summed E-state index contributed by atoms with van der Waals surface area (Å²) in [6.45, 7) is 3.97. The van der Waals surface area contributed by atoms with Crippen molar-refractivity contribution in [3.63, 3.8) is 0 Å². The van der Waals surface area contributed by atoms with E-state index in [1.165, 1.54) is 12.8 Å². The van der Waals surface area contributed by atoms with Crippen molar-refractivity contribution in [2.75, 3.05) is 0 Å². The lowest BCUT2D eigenvalue weighted by molar-refractivity contribution is 0.0937. The number of hydrogen-bond acceptors (Lipinski definition) is 4. The monoisotopic (exact) mass is 324 g/mol. The van der Waals surface area contributed by atoms with Gasteiger partial charge in [-0.25, -0.2) is 4.98 Å². The Morgan fingerprint density at radius 1 is 1.46 bits per heavy atom. The highest BCUT2D eigenvalue weighted by Gasteiger charge is 2.30. The fourth-order valence-corrected chi connectivity index (χ4v) is 3.17. The van der Waals surface area contributed by atoms with E-state index in [1.807, 2.05) is 26.1 Å². The number of carbonyl (C=O) groups excluding carboxylic acids is 1. The third-order valence-corrected chi connectivity index (χ3v) is 4.67. The molecule has 1 fully saturated rings. The van der Waals surface area contributed by atoms with E-state index in [4.69, 9.17) is 4.42 Å². The summed E-state index contributed by atoms with van der Waals surface area (Å²) in [4.78, 5) is 17.5. The molecular weight excluding hydrogens is 304 g/mol. The number of pyridine rings is 1. The Hall–Kier alpha value is -2.63. The van der Waals surface area contributed by atoms with Gasteiger partial charge in [0.15, 0.2) is 11.4 Å². The molecule has 1 unspecified atom stereocenters. The van der Waals surface area contributed by atoms with Crippen LogP contribution in [-0.2, 0) is 7.05 Å². The number of nitrogens with one attached hydrogen (secondary N) is 1. The van der Waals surface area contributed by atoms with Gasteiger partial charge in [-0.05, 0) is 50.8 Å². The van der Waals surface area contributed by atoms with E-state index in [0.717, 1.165) is 11.1 Å². The Bertz CT molecular complexity index is 907. The highest BCUT2D eigenvalue weighted by molar-refractivity contribution is 6.07. The summed E-state index contributed by atoms with van der Waals surface area (Å²) in [5, 5.41) is 8.35. The average Bonchev–Trinajstić information content (AvgIpc) is 3.19. The maximum absolute atomic E-state index is 12.9. The predicted molar refractivity (Wildman–Crippen MR) is 90.6 cm³/mol. The van der Waals surface area contributed by atoms with Crippen molar-refractivity contribution in [2.24, 2.45) is 13.0 Å². The zero-order valence-corrected chi connectivity index (χ0v) is 14.0. The number of furan rings is 1. The molecule has 0 spiro atoms. The van der Waals surface area contributed by atoms with E-state index < -0.39 is 0 Å². The molecule has 3 aromatic rings. The Balaban J connectivity index is 1.83. The van der Waals surface area contributed by atoms with Crippen molar-refractivity contribution < 1.29 is 9.21 Å². The molecule has 0 radical (unpaired) electrons. The van der Waals surface area contributed by atoms with Gasteiger partial charge >= 0.3 is 0 Å². The zero-order chi connectivity index (χ0) is 16.8. The molecule has 1 aliphatic rings. The minimum atomic E-state index is -0.0780. The molecule has 24 heavy (non-hydrogen) atoms. The molecule has 0 saturated heterocycles. The van der Waals surface area contributed by atoms with Crippen molar-refractivity contribution in [1.29, 1.82) is 0 Å². The van der Waals surface area contributed by atoms with Crippen LogP contribution in [0.3, 0.4) is 0 Å². The molecule has 4 rings (SSSR count). The van der Waals surface area contributed by atoms with Gasteiger partial charge in [-0.15, -0.1) is 0 Å². The number of carbonyl (C=O) groups is 1. The molecule has 1 amide bonds. The van der Waals surface area contributed by atoms with Gasteiger partial charge in [-0.1, -0.05) is 0 Å². The van der Waals surface area contributed by atoms with E-state index in [-0.39, 0.29) is 11.9 Å². The lowest BCUT2D eigenvalue weighted by Gasteiger charge is -2.14. The molecule has 1 atom stereocenters. The van der Waals surface area contributed by atoms with Crippen LogP contribution in [0.15, 0.2) is 28.9 Å². The van der Waals surface area contributed by atoms with Crippen molar-refractivity contribution >= 4 is 16.9 Å². The fraction of sp³-hybridized carbons (Fsp3) is 0.389. The normalized spacial score (nSPS) is 15.6. The van der Waals surface area contributed by atoms with Crippen LogP contribution in [-0.4, -0.2) is 26.7 Å². The van der Waals surface area contributed by atoms with E-state index >= 15 is 0 Å². The van der Waals surface area contributed by atoms with E-state index in [0.29, 0.717) is 28.6 Å². The number of nitrogens with zero attached hydrogens (tertiary/aromatic N) is 3. The number of aromatic nitrogens is 3. The first-order valence-corrected chi connectivity index (χ1v) is 8.23. The second-order valence-corrected chi connectivity index (χ2v) is 6.54. The first kappa shape index (κ1) is 14.9. The van der Waals surface area contributed by atoms with Gasteiger partial charge in [-0.3, -0.25) is 9.48 Å². The molecule has 6 heteroatoms. The smallest absolute Gasteiger partial charge is 0.252 e. The summed E-state index contributed by atoms with van der Waals surface area (Å²) in [5.74, 6) is 1.16. The molecule has 124 valence electrons. The third kappa shape index (κ3) is 2.48. The van der Waals surface area contributed by atoms with Gasteiger partial charge in [0.2, 0.25) is 0 Å². The maximum atomic E-state index is 12.9. The van der Waals surface area contributed by atoms with Gasteiger partial charge in [0.1, 0.15) is 5.69 Å². The van der Waals surface area contributed by atoms with E-state index in [2.05, 4.69) is 22.3 Å². The van der Waals surface area contributed by atoms with Crippen molar-refractivity contribution in [1.82, 2.24) is 20.1 Å². The highest BCUT2D eigenvalue weighted by Crippen LogP contribution is 2.33. The van der Waals surface area contributed by atoms with Crippen LogP contribution >= 0.6 is 0 Å². The first-order valence-electron chi connectivity index (χ1n) is 8.23. The van der Waals surface area contributed by atoms with Crippen LogP contribution in [0.5, 0.6) is 0 Å². The lowest BCUT2D eigenvalue weighted by Crippen LogP contribution is -2.34. The standard InChI is InChI=1S/C18H20N4O2/c1-10(12-6-7-12)19-18(23)13-9-14(15-5-4-8-24-15)20-17-16(13)11(2)21-22(17)3/h4-5,8-10,12H,6-7H2,1-3H3,(H,19,23). The molecule has 0 aromatic carbocycles. The third-order valence-electron chi connectivity index (χ3n) is 4.67. The average molecular weight is 324 g/mol. The molecule has 3 aromatic heterocycles. The number of rotatable bonds is 4. The van der Waals surface area contributed by atoms with Gasteiger partial charge in [-0.2, -0.15) is 5.10 Å². The molecule has 3 heterocycles. The van der Waals surface area contributed by atoms with E-state index in [9.17, 15) is 4.79 Å². The molecular formula is C18H20N4O2. The van der Waals surface area contributed by atoms with Crippen molar-refractivity contribution in [3.8, 4) is 11.5 Å². The van der Waals surface area contributed by atoms with Crippen LogP contribution in [0.4, 0.5) is 0 Å². The predicted octanol–water partition coefficient (Wildman–Crippen LogP) is 3.07. The quantitative estimate of drug-likeness (QED) is 0.800. The molecule has 0 aliphatic heterocycles. The topological polar surface area (TPSA) is 73.0 Å². The number of hydrogen-bond donors (Lipinski definition) is 1. The summed E-state index contributed by atoms with van der Waals surface area (Å²) >= 11 is 0. The molecule has 6 nitrogen and oxygen atoms in total. The Kier molecular flexibility index (Phi) is 3.40. The van der Waals surface area contributed by atoms with Crippen LogP contribution < -0.4 is 5.32 Å². The largest absolute Gasteiger partial charge is 0.463 e. The summed E-state index contributed by atoms with van der Waals surface area (Å²) < 4.78 is 7.16. The molecule has 0 bridgehead atoms. The Morgan fingerprint density at radius 2 is 2.25 bits per heavy atom. The van der Waals surface area contributed by atoms with Crippen LogP contribution in [0, 0.1) is 12.8 Å². The van der Waals surface area contributed by atoms with Crippen molar-refractivity contribution in [3.05, 3.63) is 35.7 Å². The SMILES string of the molecule is Cc1nn(C)c2nc(-c3ccco3)cc(C(=O)NC(C)C3CC3)c12. The summed E-state index contributed by atoms with van der Waals surface area (Å²) in [5.41, 5.74) is 2.73. The van der Waals surface area contributed by atoms with Crippen LogP contribution in [0.25, 0.3) is 22.5 Å². The van der Waals surface area contributed by atoms with Gasteiger partial charge in [0.25, 0.3) is 5.91 Å². The molecule has 1 saturated carbocycles. The van der Waals surface area contributed by atoms with Gasteiger partial charge < -0.3 is 9.73 Å². The lowest BCUT2D eigenvalue weighted by atomic mass is 10.1. The minimum Gasteiger partial charge on any atom is -0.463 e. The number of fused-ring (bicyclic) bond motifs is 1. The highest BCUT2D eigenvalue weighted by atomic mass is 16.3.